The van der Waals surface area contributed by atoms with E-state index in [1.807, 2.05) is 24.3 Å². The molecule has 150 valence electrons. The van der Waals surface area contributed by atoms with Gasteiger partial charge < -0.3 is 19.3 Å². The van der Waals surface area contributed by atoms with Gasteiger partial charge in [-0.05, 0) is 56.5 Å². The Hall–Kier alpha value is -2.66. The number of allylic oxidation sites excluding steroid dienone is 1. The Kier molecular flexibility index (Phi) is 8.20. The number of hydrogen-bond donors (Lipinski definition) is 1. The van der Waals surface area contributed by atoms with E-state index < -0.39 is 0 Å². The van der Waals surface area contributed by atoms with Crippen LogP contribution < -0.4 is 5.32 Å². The van der Waals surface area contributed by atoms with Crippen molar-refractivity contribution in [1.29, 1.82) is 0 Å². The van der Waals surface area contributed by atoms with Crippen molar-refractivity contribution in [2.45, 2.75) is 39.7 Å². The minimum atomic E-state index is -0.0824. The lowest BCUT2D eigenvalue weighted by molar-refractivity contribution is -0.106. The van der Waals surface area contributed by atoms with E-state index >= 15 is 0 Å². The highest BCUT2D eigenvalue weighted by Gasteiger charge is 2.33. The van der Waals surface area contributed by atoms with Crippen molar-refractivity contribution < 1.29 is 18.7 Å². The number of rotatable bonds is 2. The number of furan rings is 1. The monoisotopic (exact) mass is 383 g/mol. The molecular weight excluding hydrogens is 354 g/mol. The summed E-state index contributed by atoms with van der Waals surface area (Å²) < 4.78 is 10.8. The molecule has 1 amide bonds. The minimum Gasteiger partial charge on any atom is -0.464 e. The first kappa shape index (κ1) is 21.6. The van der Waals surface area contributed by atoms with Crippen LogP contribution in [0.4, 0.5) is 0 Å². The van der Waals surface area contributed by atoms with Crippen LogP contribution in [0.5, 0.6) is 0 Å². The van der Waals surface area contributed by atoms with Crippen LogP contribution in [-0.4, -0.2) is 32.0 Å². The third-order valence-corrected chi connectivity index (χ3v) is 4.88. The number of ether oxygens (including phenoxy) is 1. The Morgan fingerprint density at radius 3 is 2.43 bits per heavy atom. The van der Waals surface area contributed by atoms with Gasteiger partial charge in [0.05, 0.1) is 19.0 Å². The van der Waals surface area contributed by atoms with Gasteiger partial charge in [0.25, 0.3) is 5.91 Å². The fourth-order valence-electron chi connectivity index (χ4n) is 3.56. The maximum Gasteiger partial charge on any atom is 0.251 e. The van der Waals surface area contributed by atoms with E-state index in [0.717, 1.165) is 24.2 Å². The largest absolute Gasteiger partial charge is 0.464 e. The highest BCUT2D eigenvalue weighted by molar-refractivity contribution is 5.94. The Bertz CT molecular complexity index is 791. The molecule has 1 saturated heterocycles. The van der Waals surface area contributed by atoms with Crippen molar-refractivity contribution >= 4 is 12.2 Å². The van der Waals surface area contributed by atoms with E-state index in [1.165, 1.54) is 19.8 Å². The van der Waals surface area contributed by atoms with Gasteiger partial charge in [-0.1, -0.05) is 24.6 Å². The van der Waals surface area contributed by atoms with Crippen LogP contribution in [0.1, 0.15) is 44.0 Å². The van der Waals surface area contributed by atoms with Crippen LogP contribution in [0, 0.1) is 5.92 Å². The molecular formula is C23H29NO4. The van der Waals surface area contributed by atoms with Crippen molar-refractivity contribution in [3.05, 3.63) is 59.4 Å². The van der Waals surface area contributed by atoms with Gasteiger partial charge in [0.1, 0.15) is 12.0 Å². The molecule has 0 saturated carbocycles. The number of aldehydes is 1. The number of carbonyl (C=O) groups excluding carboxylic acids is 2. The van der Waals surface area contributed by atoms with Gasteiger partial charge in [0, 0.05) is 24.1 Å². The van der Waals surface area contributed by atoms with E-state index in [1.54, 1.807) is 36.6 Å². The number of fused-ring (bicyclic) bond motifs is 1. The Labute approximate surface area is 166 Å². The second-order valence-electron chi connectivity index (χ2n) is 6.87. The molecule has 2 aliphatic rings. The molecule has 2 atom stereocenters. The molecule has 2 unspecified atom stereocenters. The molecule has 2 aromatic rings. The molecule has 1 aliphatic heterocycles. The average Bonchev–Trinajstić information content (AvgIpc) is 3.44. The topological polar surface area (TPSA) is 68.5 Å². The van der Waals surface area contributed by atoms with Crippen LogP contribution in [0.15, 0.2) is 58.2 Å². The third kappa shape index (κ3) is 5.42. The number of amides is 1. The zero-order valence-electron chi connectivity index (χ0n) is 17.0. The number of benzene rings is 1. The molecule has 0 bridgehead atoms. The molecule has 5 nitrogen and oxygen atoms in total. The van der Waals surface area contributed by atoms with E-state index in [-0.39, 0.29) is 5.91 Å². The first-order valence-corrected chi connectivity index (χ1v) is 9.58. The molecule has 28 heavy (non-hydrogen) atoms. The molecule has 1 aliphatic carbocycles. The summed E-state index contributed by atoms with van der Waals surface area (Å²) in [5.41, 5.74) is 4.82. The van der Waals surface area contributed by atoms with Crippen molar-refractivity contribution in [2.75, 3.05) is 13.7 Å². The Morgan fingerprint density at radius 1 is 1.21 bits per heavy atom. The summed E-state index contributed by atoms with van der Waals surface area (Å²) in [6.45, 7) is 6.92. The van der Waals surface area contributed by atoms with Crippen LogP contribution >= 0.6 is 0 Å². The van der Waals surface area contributed by atoms with Crippen LogP contribution in [-0.2, 0) is 9.53 Å². The zero-order valence-corrected chi connectivity index (χ0v) is 17.0. The molecule has 0 spiro atoms. The van der Waals surface area contributed by atoms with Gasteiger partial charge in [0.2, 0.25) is 0 Å². The van der Waals surface area contributed by atoms with Crippen LogP contribution in [0.2, 0.25) is 0 Å². The summed E-state index contributed by atoms with van der Waals surface area (Å²) in [5, 5.41) is 2.57. The maximum atomic E-state index is 11.3. The van der Waals surface area contributed by atoms with E-state index in [0.29, 0.717) is 17.6 Å². The third-order valence-electron chi connectivity index (χ3n) is 4.88. The summed E-state index contributed by atoms with van der Waals surface area (Å²) >= 11 is 0. The van der Waals surface area contributed by atoms with Gasteiger partial charge in [-0.2, -0.15) is 0 Å². The first-order valence-electron chi connectivity index (χ1n) is 9.58. The fourth-order valence-corrected chi connectivity index (χ4v) is 3.56. The summed E-state index contributed by atoms with van der Waals surface area (Å²) in [7, 11) is 1.61. The quantitative estimate of drug-likeness (QED) is 0.606. The van der Waals surface area contributed by atoms with Gasteiger partial charge in [-0.3, -0.25) is 4.79 Å². The lowest BCUT2D eigenvalue weighted by Gasteiger charge is -2.03. The highest BCUT2D eigenvalue weighted by Crippen LogP contribution is 2.38. The smallest absolute Gasteiger partial charge is 0.251 e. The molecule has 0 radical (unpaired) electrons. The Balaban J connectivity index is 0.000000186. The summed E-state index contributed by atoms with van der Waals surface area (Å²) in [6, 6.07) is 11.0. The predicted octanol–water partition coefficient (Wildman–Crippen LogP) is 4.64. The van der Waals surface area contributed by atoms with Crippen molar-refractivity contribution in [3.63, 3.8) is 0 Å². The van der Waals surface area contributed by atoms with Crippen LogP contribution in [0.25, 0.3) is 11.3 Å². The summed E-state index contributed by atoms with van der Waals surface area (Å²) in [4.78, 5) is 20.1. The van der Waals surface area contributed by atoms with Crippen molar-refractivity contribution in [3.8, 4) is 11.3 Å². The van der Waals surface area contributed by atoms with Gasteiger partial charge >= 0.3 is 0 Å². The van der Waals surface area contributed by atoms with Gasteiger partial charge in [-0.15, -0.1) is 0 Å². The predicted molar refractivity (Wildman–Crippen MR) is 110 cm³/mol. The molecule has 1 aromatic heterocycles. The zero-order chi connectivity index (χ0) is 20.5. The molecule has 1 aromatic carbocycles. The van der Waals surface area contributed by atoms with E-state index in [4.69, 9.17) is 13.9 Å². The van der Waals surface area contributed by atoms with Crippen LogP contribution in [0.3, 0.4) is 0 Å². The first-order chi connectivity index (χ1) is 13.5. The van der Waals surface area contributed by atoms with Crippen molar-refractivity contribution in [1.82, 2.24) is 5.32 Å². The minimum absolute atomic E-state index is 0.0824. The van der Waals surface area contributed by atoms with E-state index in [2.05, 4.69) is 19.2 Å². The molecule has 5 heteroatoms. The van der Waals surface area contributed by atoms with Gasteiger partial charge in [-0.25, -0.2) is 0 Å². The number of nitrogens with one attached hydrogen (secondary N) is 1. The summed E-state index contributed by atoms with van der Waals surface area (Å²) in [6.07, 6.45) is 5.40. The lowest BCUT2D eigenvalue weighted by Crippen LogP contribution is -2.17. The Morgan fingerprint density at radius 2 is 1.89 bits per heavy atom. The maximum absolute atomic E-state index is 11.3. The SMILES string of the molecule is CC1=C2C(C)COC2CC1.CC=O.CNC(=O)c1ccc(-c2ccco2)cc1. The number of hydrogen-bond acceptors (Lipinski definition) is 4. The van der Waals surface area contributed by atoms with E-state index in [9.17, 15) is 4.79 Å². The molecule has 1 N–H and O–H groups in total. The standard InChI is InChI=1S/C12H11NO2.C9H14O.C2H4O/c1-13-12(14)10-6-4-9(5-7-10)11-3-2-8-15-11;1-6-3-4-8-9(6)7(2)5-10-8;1-2-3/h2-8H,1H3,(H,13,14);7-8H,3-5H2,1-2H3;2H,1H3. The normalized spacial score (nSPS) is 19.7. The molecule has 2 heterocycles. The highest BCUT2D eigenvalue weighted by atomic mass is 16.5. The molecule has 1 fully saturated rings. The lowest BCUT2D eigenvalue weighted by atomic mass is 10.0. The summed E-state index contributed by atoms with van der Waals surface area (Å²) in [5.74, 6) is 1.42. The fraction of sp³-hybridized carbons (Fsp3) is 0.391. The van der Waals surface area contributed by atoms with Crippen molar-refractivity contribution in [2.24, 2.45) is 5.92 Å². The second-order valence-corrected chi connectivity index (χ2v) is 6.87. The number of carbonyl (C=O) groups is 2. The second kappa shape index (κ2) is 10.6. The molecule has 4 rings (SSSR count). The van der Waals surface area contributed by atoms with Gasteiger partial charge in [0.15, 0.2) is 0 Å². The average molecular weight is 383 g/mol.